The molecule has 1 rings (SSSR count). The summed E-state index contributed by atoms with van der Waals surface area (Å²) in [6.07, 6.45) is 8.86. The van der Waals surface area contributed by atoms with E-state index in [1.165, 1.54) is 19.3 Å². The van der Waals surface area contributed by atoms with Gasteiger partial charge >= 0.3 is 68.2 Å². The van der Waals surface area contributed by atoms with Crippen LogP contribution in [0.2, 0.25) is 13.1 Å². The van der Waals surface area contributed by atoms with Crippen LogP contribution in [0.15, 0.2) is 26.2 Å². The Morgan fingerprint density at radius 2 is 2.06 bits per heavy atom. The number of nitrogens with zero attached hydrogens (tertiary/aromatic N) is 1. The van der Waals surface area contributed by atoms with E-state index in [1.807, 2.05) is 13.1 Å². The van der Waals surface area contributed by atoms with Gasteiger partial charge in [-0.1, -0.05) is 0 Å². The molecule has 0 fully saturated rings. The molecule has 0 atom stereocenters. The molecule has 0 heterocycles. The van der Waals surface area contributed by atoms with Crippen molar-refractivity contribution in [3.63, 3.8) is 0 Å². The zero-order valence-corrected chi connectivity index (χ0v) is 14.5. The second kappa shape index (κ2) is 14.5. The molecule has 0 unspecified atom stereocenters. The Morgan fingerprint density at radius 3 is 2.29 bits per heavy atom. The zero-order valence-electron chi connectivity index (χ0n) is 10.5. The Morgan fingerprint density at radius 1 is 1.47 bits per heavy atom. The van der Waals surface area contributed by atoms with Crippen molar-refractivity contribution in [1.82, 2.24) is 0 Å². The first-order valence-corrected chi connectivity index (χ1v) is 8.39. The Kier molecular flexibility index (Phi) is 19.3. The Hall–Kier alpha value is 0.461. The maximum absolute atomic E-state index is 9.47. The van der Waals surface area contributed by atoms with Gasteiger partial charge in [0.25, 0.3) is 0 Å². The minimum Gasteiger partial charge on any atom is -1.00 e. The van der Waals surface area contributed by atoms with Gasteiger partial charge < -0.3 is 24.8 Å². The monoisotopic (exact) mass is 326 g/mol. The molecule has 0 bridgehead atoms. The largest absolute Gasteiger partial charge is 1.00 e. The fourth-order valence-electron chi connectivity index (χ4n) is 1.16. The van der Waals surface area contributed by atoms with E-state index >= 15 is 0 Å². The van der Waals surface area contributed by atoms with Crippen LogP contribution in [0.3, 0.4) is 0 Å². The number of allylic oxidation sites excluding steroid dienone is 4. The molecule has 1 aliphatic rings. The average Bonchev–Trinajstić information content (AvgIpc) is 2.53. The molecule has 6 heteroatoms. The summed E-state index contributed by atoms with van der Waals surface area (Å²) in [7, 11) is -0.629. The van der Waals surface area contributed by atoms with Gasteiger partial charge in [0, 0.05) is 0 Å². The first kappa shape index (κ1) is 22.6. The van der Waals surface area contributed by atoms with Crippen molar-refractivity contribution in [1.29, 1.82) is 0 Å². The van der Waals surface area contributed by atoms with Crippen LogP contribution in [0.25, 0.3) is 0 Å². The van der Waals surface area contributed by atoms with Crippen molar-refractivity contribution in [2.75, 3.05) is 0 Å². The SMILES string of the molecule is CCCC1=[C]([Ti+2])CC=C1.C[Si](C)=NC=O.[Cl-].[Cl-]. The predicted octanol–water partition coefficient (Wildman–Crippen LogP) is -2.78. The molecule has 0 saturated carbocycles. The van der Waals surface area contributed by atoms with E-state index in [9.17, 15) is 4.79 Å². The van der Waals surface area contributed by atoms with Gasteiger partial charge in [-0.05, 0) is 13.1 Å². The summed E-state index contributed by atoms with van der Waals surface area (Å²) in [5.41, 5.74) is 1.57. The van der Waals surface area contributed by atoms with E-state index in [0.717, 1.165) is 0 Å². The fourth-order valence-corrected chi connectivity index (χ4v) is 1.88. The number of carbonyl (C=O) groups is 1. The van der Waals surface area contributed by atoms with E-state index in [0.29, 0.717) is 6.41 Å². The molecule has 0 N–H and O–H groups in total. The summed E-state index contributed by atoms with van der Waals surface area (Å²) in [6.45, 7) is 6.14. The van der Waals surface area contributed by atoms with Crippen molar-refractivity contribution in [2.45, 2.75) is 39.3 Å². The van der Waals surface area contributed by atoms with Gasteiger partial charge in [-0.3, -0.25) is 9.43 Å². The van der Waals surface area contributed by atoms with Gasteiger partial charge in [0.15, 0.2) is 0 Å². The van der Waals surface area contributed by atoms with Gasteiger partial charge in [-0.15, -0.1) is 0 Å². The second-order valence-corrected chi connectivity index (χ2v) is 6.64. The van der Waals surface area contributed by atoms with Crippen molar-refractivity contribution in [3.8, 4) is 0 Å². The Labute approximate surface area is 130 Å². The zero-order chi connectivity index (χ0) is 11.7. The first-order valence-electron chi connectivity index (χ1n) is 5.16. The van der Waals surface area contributed by atoms with Crippen molar-refractivity contribution < 1.29 is 50.0 Å². The summed E-state index contributed by atoms with van der Waals surface area (Å²) in [5, 5.41) is 0. The molecule has 2 nitrogen and oxygen atoms in total. The quantitative estimate of drug-likeness (QED) is 0.407. The van der Waals surface area contributed by atoms with Gasteiger partial charge in [0.1, 0.15) is 8.59 Å². The summed E-state index contributed by atoms with van der Waals surface area (Å²) in [5.74, 6) is 0. The number of hydrogen-bond donors (Lipinski definition) is 0. The molecule has 0 saturated heterocycles. The Bertz CT molecular complexity index is 300. The molecule has 0 aromatic carbocycles. The number of hydrogen-bond acceptors (Lipinski definition) is 1. The average molecular weight is 327 g/mol. The fraction of sp³-hybridized carbons (Fsp3) is 0.545. The molecule has 17 heavy (non-hydrogen) atoms. The molecule has 0 aromatic heterocycles. The van der Waals surface area contributed by atoms with E-state index in [-0.39, 0.29) is 24.8 Å². The molecular weight excluding hydrogens is 309 g/mol. The number of rotatable bonds is 3. The molecule has 1 amide bonds. The van der Waals surface area contributed by atoms with Gasteiger partial charge in [-0.25, -0.2) is 0 Å². The van der Waals surface area contributed by atoms with E-state index in [4.69, 9.17) is 0 Å². The van der Waals surface area contributed by atoms with E-state index < -0.39 is 8.59 Å². The van der Waals surface area contributed by atoms with Crippen LogP contribution in [0.5, 0.6) is 0 Å². The normalized spacial score (nSPS) is 11.8. The van der Waals surface area contributed by atoms with Crippen LogP contribution in [0.1, 0.15) is 26.2 Å². The number of halogens is 2. The summed E-state index contributed by atoms with van der Waals surface area (Å²) < 4.78 is 5.11. The third-order valence-electron chi connectivity index (χ3n) is 1.86. The van der Waals surface area contributed by atoms with Crippen molar-refractivity contribution in [2.24, 2.45) is 4.63 Å². The number of amides is 1. The van der Waals surface area contributed by atoms with Gasteiger partial charge in [-0.2, -0.15) is 0 Å². The third kappa shape index (κ3) is 12.7. The van der Waals surface area contributed by atoms with Crippen LogP contribution >= 0.6 is 0 Å². The summed E-state index contributed by atoms with van der Waals surface area (Å²) in [4.78, 5) is 9.47. The molecule has 0 aliphatic heterocycles. The van der Waals surface area contributed by atoms with Crippen LogP contribution in [-0.2, 0) is 25.2 Å². The van der Waals surface area contributed by atoms with Gasteiger partial charge in [0.2, 0.25) is 6.41 Å². The molecule has 95 valence electrons. The number of carbonyl (C=O) groups excluding carboxylic acids is 1. The summed E-state index contributed by atoms with van der Waals surface area (Å²) >= 11 is 2.23. The van der Waals surface area contributed by atoms with E-state index in [1.54, 1.807) is 9.45 Å². The van der Waals surface area contributed by atoms with Gasteiger partial charge in [0.05, 0.1) is 0 Å². The molecule has 0 spiro atoms. The van der Waals surface area contributed by atoms with Crippen LogP contribution < -0.4 is 24.8 Å². The third-order valence-corrected chi connectivity index (χ3v) is 3.30. The maximum atomic E-state index is 9.47. The van der Waals surface area contributed by atoms with E-state index in [2.05, 4.69) is 44.1 Å². The predicted molar refractivity (Wildman–Crippen MR) is 61.7 cm³/mol. The molecule has 0 radical (unpaired) electrons. The maximum Gasteiger partial charge on any atom is 0.223 e. The smallest absolute Gasteiger partial charge is 0.223 e. The minimum atomic E-state index is -0.629. The minimum absolute atomic E-state index is 0. The van der Waals surface area contributed by atoms with Crippen molar-refractivity contribution in [3.05, 3.63) is 21.6 Å². The standard InChI is InChI=1S/C8H11.C3H7NOSi.2ClH.Ti/c1-2-5-8-6-3-4-7-8;1-6(2)4-3-5;;;/h3,6H,2,4-5H2,1H3;3H,1-2H3;2*1H;/q;;;;+2/p-2. The Balaban J connectivity index is -0.000000221. The topological polar surface area (TPSA) is 29.4 Å². The van der Waals surface area contributed by atoms with Crippen molar-refractivity contribution >= 4 is 15.0 Å². The summed E-state index contributed by atoms with van der Waals surface area (Å²) in [6, 6.07) is 0. The molecule has 0 aromatic rings. The molecule has 1 aliphatic carbocycles. The van der Waals surface area contributed by atoms with Crippen LogP contribution in [0.4, 0.5) is 0 Å². The first-order chi connectivity index (χ1) is 7.11. The second-order valence-electron chi connectivity index (χ2n) is 3.54. The van der Waals surface area contributed by atoms with Crippen LogP contribution in [0, 0.1) is 0 Å². The molecular formula is C11H18Cl2NOSiTi. The van der Waals surface area contributed by atoms with Crippen LogP contribution in [-0.4, -0.2) is 15.0 Å².